The van der Waals surface area contributed by atoms with Gasteiger partial charge in [-0.1, -0.05) is 38.0 Å². The van der Waals surface area contributed by atoms with Crippen molar-refractivity contribution in [2.45, 2.75) is 65.4 Å². The Bertz CT molecular complexity index is 648. The molecule has 3 saturated carbocycles. The summed E-state index contributed by atoms with van der Waals surface area (Å²) in [5.41, 5.74) is 2.67. The third-order valence-corrected chi connectivity index (χ3v) is 8.40. The number of ketones is 1. The molecule has 0 aromatic heterocycles. The lowest BCUT2D eigenvalue weighted by Crippen LogP contribution is -2.55. The highest BCUT2D eigenvalue weighted by molar-refractivity contribution is 5.91. The van der Waals surface area contributed by atoms with Gasteiger partial charge in [-0.2, -0.15) is 0 Å². The molecule has 7 atom stereocenters. The number of allylic oxidation sites excluding steroid dienone is 2. The molecule has 0 amide bonds. The number of rotatable bonds is 1. The van der Waals surface area contributed by atoms with E-state index >= 15 is 0 Å². The second kappa shape index (κ2) is 5.79. The summed E-state index contributed by atoms with van der Waals surface area (Å²) >= 11 is 0. The molecule has 0 aromatic carbocycles. The molecule has 25 heavy (non-hydrogen) atoms. The van der Waals surface area contributed by atoms with Crippen molar-refractivity contribution >= 4 is 5.78 Å². The van der Waals surface area contributed by atoms with E-state index in [9.17, 15) is 15.0 Å². The van der Waals surface area contributed by atoms with E-state index < -0.39 is 0 Å². The lowest BCUT2D eigenvalue weighted by molar-refractivity contribution is -0.124. The molecule has 0 aliphatic heterocycles. The Morgan fingerprint density at radius 3 is 2.76 bits per heavy atom. The highest BCUT2D eigenvalue weighted by atomic mass is 16.3. The molecular formula is C22H32O3. The highest BCUT2D eigenvalue weighted by Gasteiger charge is 2.61. The van der Waals surface area contributed by atoms with Crippen LogP contribution in [0.15, 0.2) is 23.3 Å². The second-order valence-corrected chi connectivity index (χ2v) is 9.56. The topological polar surface area (TPSA) is 57.5 Å². The molecular weight excluding hydrogens is 312 g/mol. The molecule has 0 aromatic rings. The Hall–Kier alpha value is -0.930. The summed E-state index contributed by atoms with van der Waals surface area (Å²) in [5.74, 6) is 2.15. The van der Waals surface area contributed by atoms with E-state index in [2.05, 4.69) is 20.8 Å². The van der Waals surface area contributed by atoms with Gasteiger partial charge in [0, 0.05) is 6.42 Å². The van der Waals surface area contributed by atoms with Gasteiger partial charge >= 0.3 is 0 Å². The number of carbonyl (C=O) groups is 1. The maximum atomic E-state index is 11.9. The fraction of sp³-hybridized carbons (Fsp3) is 0.773. The van der Waals surface area contributed by atoms with Crippen LogP contribution >= 0.6 is 0 Å². The molecule has 0 heterocycles. The van der Waals surface area contributed by atoms with Crippen LogP contribution in [0.5, 0.6) is 0 Å². The van der Waals surface area contributed by atoms with Crippen molar-refractivity contribution < 1.29 is 15.0 Å². The normalized spacial score (nSPS) is 50.9. The molecule has 138 valence electrons. The van der Waals surface area contributed by atoms with Gasteiger partial charge in [-0.05, 0) is 72.7 Å². The van der Waals surface area contributed by atoms with E-state index in [1.807, 2.05) is 12.2 Å². The number of hydrogen-bond acceptors (Lipinski definition) is 3. The van der Waals surface area contributed by atoms with Crippen LogP contribution in [0.2, 0.25) is 0 Å². The lowest BCUT2D eigenvalue weighted by atomic mass is 9.46. The van der Waals surface area contributed by atoms with Crippen molar-refractivity contribution in [3.63, 3.8) is 0 Å². The first-order chi connectivity index (χ1) is 11.8. The minimum atomic E-state index is -0.319. The molecule has 3 fully saturated rings. The van der Waals surface area contributed by atoms with Gasteiger partial charge in [0.25, 0.3) is 0 Å². The van der Waals surface area contributed by atoms with Gasteiger partial charge < -0.3 is 10.2 Å². The van der Waals surface area contributed by atoms with Gasteiger partial charge in [0.2, 0.25) is 0 Å². The average Bonchev–Trinajstić information content (AvgIpc) is 2.79. The third kappa shape index (κ3) is 2.35. The Labute approximate surface area is 151 Å². The molecule has 3 heteroatoms. The van der Waals surface area contributed by atoms with Gasteiger partial charge in [0.1, 0.15) is 0 Å². The summed E-state index contributed by atoms with van der Waals surface area (Å²) in [6.07, 6.45) is 9.18. The standard InChI is InChI=1S/C22H32O3/c1-13-10-18-16-5-4-14-11-15(24)6-8-21(14,2)20(16)19(25)12-22(18,3)17(13)7-9-23/h7,11,13,16,18-20,23,25H,4-6,8-10,12H2,1-3H3/t13-,16+,18+,19+,20-,21+,22-/m1/s1. The van der Waals surface area contributed by atoms with Crippen LogP contribution in [0.3, 0.4) is 0 Å². The number of carbonyl (C=O) groups excluding carboxylic acids is 1. The molecule has 4 rings (SSSR count). The summed E-state index contributed by atoms with van der Waals surface area (Å²) in [6.45, 7) is 7.00. The van der Waals surface area contributed by atoms with E-state index in [0.29, 0.717) is 24.2 Å². The van der Waals surface area contributed by atoms with Crippen molar-refractivity contribution in [2.24, 2.45) is 34.5 Å². The molecule has 2 N–H and O–H groups in total. The van der Waals surface area contributed by atoms with Gasteiger partial charge in [0.15, 0.2) is 5.78 Å². The lowest BCUT2D eigenvalue weighted by Gasteiger charge is -2.59. The van der Waals surface area contributed by atoms with Crippen LogP contribution in [0, 0.1) is 34.5 Å². The fourth-order valence-electron chi connectivity index (χ4n) is 7.40. The van der Waals surface area contributed by atoms with Gasteiger partial charge in [-0.25, -0.2) is 0 Å². The minimum absolute atomic E-state index is 0.00967. The van der Waals surface area contributed by atoms with Crippen molar-refractivity contribution in [3.8, 4) is 0 Å². The van der Waals surface area contributed by atoms with Crippen LogP contribution < -0.4 is 0 Å². The predicted octanol–water partition coefficient (Wildman–Crippen LogP) is 3.65. The first-order valence-corrected chi connectivity index (χ1v) is 10.0. The predicted molar refractivity (Wildman–Crippen MR) is 97.8 cm³/mol. The van der Waals surface area contributed by atoms with E-state index in [4.69, 9.17) is 0 Å². The molecule has 0 bridgehead atoms. The Kier molecular flexibility index (Phi) is 4.05. The monoisotopic (exact) mass is 344 g/mol. The van der Waals surface area contributed by atoms with Crippen molar-refractivity contribution in [3.05, 3.63) is 23.3 Å². The first-order valence-electron chi connectivity index (χ1n) is 10.0. The molecule has 0 saturated heterocycles. The van der Waals surface area contributed by atoms with Crippen LogP contribution in [0.4, 0.5) is 0 Å². The largest absolute Gasteiger partial charge is 0.393 e. The van der Waals surface area contributed by atoms with E-state index in [1.165, 1.54) is 17.6 Å². The zero-order chi connectivity index (χ0) is 18.0. The van der Waals surface area contributed by atoms with Crippen LogP contribution in [0.1, 0.15) is 59.3 Å². The van der Waals surface area contributed by atoms with Crippen LogP contribution in [-0.2, 0) is 4.79 Å². The molecule has 0 unspecified atom stereocenters. The highest BCUT2D eigenvalue weighted by Crippen LogP contribution is 2.67. The maximum absolute atomic E-state index is 11.9. The quantitative estimate of drug-likeness (QED) is 0.714. The summed E-state index contributed by atoms with van der Waals surface area (Å²) in [5, 5.41) is 20.7. The van der Waals surface area contributed by atoms with Crippen molar-refractivity contribution in [1.29, 1.82) is 0 Å². The van der Waals surface area contributed by atoms with Gasteiger partial charge in [0.05, 0.1) is 12.7 Å². The zero-order valence-electron chi connectivity index (χ0n) is 15.8. The first kappa shape index (κ1) is 17.5. The second-order valence-electron chi connectivity index (χ2n) is 9.56. The van der Waals surface area contributed by atoms with Crippen LogP contribution in [-0.4, -0.2) is 28.7 Å². The van der Waals surface area contributed by atoms with E-state index in [0.717, 1.165) is 25.7 Å². The minimum Gasteiger partial charge on any atom is -0.393 e. The number of fused-ring (bicyclic) bond motifs is 5. The molecule has 0 radical (unpaired) electrons. The smallest absolute Gasteiger partial charge is 0.155 e. The summed E-state index contributed by atoms with van der Waals surface area (Å²) < 4.78 is 0. The van der Waals surface area contributed by atoms with Gasteiger partial charge in [-0.3, -0.25) is 4.79 Å². The zero-order valence-corrected chi connectivity index (χ0v) is 15.8. The van der Waals surface area contributed by atoms with Crippen LogP contribution in [0.25, 0.3) is 0 Å². The third-order valence-electron chi connectivity index (χ3n) is 8.40. The number of aliphatic hydroxyl groups excluding tert-OH is 2. The molecule has 3 nitrogen and oxygen atoms in total. The maximum Gasteiger partial charge on any atom is 0.155 e. The Morgan fingerprint density at radius 1 is 1.28 bits per heavy atom. The average molecular weight is 344 g/mol. The molecule has 0 spiro atoms. The molecule has 4 aliphatic carbocycles. The van der Waals surface area contributed by atoms with Gasteiger partial charge in [-0.15, -0.1) is 0 Å². The molecule has 4 aliphatic rings. The summed E-state index contributed by atoms with van der Waals surface area (Å²) in [4.78, 5) is 11.9. The summed E-state index contributed by atoms with van der Waals surface area (Å²) in [7, 11) is 0. The van der Waals surface area contributed by atoms with Crippen molar-refractivity contribution in [1.82, 2.24) is 0 Å². The SMILES string of the molecule is C[C@@H]1C[C@H]2[C@@H]3CCC4=CC(=O)CC[C@]4(C)[C@H]3[C@@H](O)C[C@]2(C)C1=CCO. The number of hydrogen-bond donors (Lipinski definition) is 2. The Balaban J connectivity index is 1.74. The summed E-state index contributed by atoms with van der Waals surface area (Å²) in [6, 6.07) is 0. The van der Waals surface area contributed by atoms with E-state index in [-0.39, 0.29) is 35.2 Å². The number of aliphatic hydroxyl groups is 2. The Morgan fingerprint density at radius 2 is 2.04 bits per heavy atom. The van der Waals surface area contributed by atoms with Crippen molar-refractivity contribution in [2.75, 3.05) is 6.61 Å². The van der Waals surface area contributed by atoms with E-state index in [1.54, 1.807) is 0 Å². The fourth-order valence-corrected chi connectivity index (χ4v) is 7.40.